The molecule has 1 amide bonds. The predicted molar refractivity (Wildman–Crippen MR) is 121 cm³/mol. The number of amides is 1. The van der Waals surface area contributed by atoms with E-state index in [4.69, 9.17) is 10.5 Å². The van der Waals surface area contributed by atoms with Crippen LogP contribution in [0.25, 0.3) is 11.1 Å². The van der Waals surface area contributed by atoms with Crippen LogP contribution in [0.2, 0.25) is 0 Å². The van der Waals surface area contributed by atoms with Gasteiger partial charge < -0.3 is 20.5 Å². The molecule has 3 aromatic rings. The van der Waals surface area contributed by atoms with Gasteiger partial charge in [-0.25, -0.2) is 4.79 Å². The van der Waals surface area contributed by atoms with Crippen molar-refractivity contribution in [2.45, 2.75) is 11.8 Å². The molecule has 6 heteroatoms. The second-order valence-corrected chi connectivity index (χ2v) is 8.43. The van der Waals surface area contributed by atoms with Crippen molar-refractivity contribution in [1.82, 2.24) is 4.90 Å². The Balaban J connectivity index is 1.32. The summed E-state index contributed by atoms with van der Waals surface area (Å²) in [6.07, 6.45) is -0.476. The molecule has 162 valence electrons. The number of rotatable bonds is 4. The largest absolute Gasteiger partial charge is 0.481 e. The monoisotopic (exact) mass is 428 g/mol. The zero-order valence-electron chi connectivity index (χ0n) is 17.5. The van der Waals surface area contributed by atoms with Gasteiger partial charge in [-0.3, -0.25) is 4.79 Å². The zero-order valence-corrected chi connectivity index (χ0v) is 17.5. The molecule has 3 aromatic carbocycles. The lowest BCUT2D eigenvalue weighted by Gasteiger charge is -2.19. The van der Waals surface area contributed by atoms with Gasteiger partial charge in [0.25, 0.3) is 0 Å². The Morgan fingerprint density at radius 1 is 0.906 bits per heavy atom. The minimum atomic E-state index is -0.916. The molecule has 2 unspecified atom stereocenters. The van der Waals surface area contributed by atoms with E-state index in [1.807, 2.05) is 36.4 Å². The fourth-order valence-corrected chi connectivity index (χ4v) is 4.97. The highest BCUT2D eigenvalue weighted by Gasteiger charge is 2.41. The van der Waals surface area contributed by atoms with Crippen molar-refractivity contribution in [3.05, 3.63) is 89.5 Å². The molecule has 0 saturated carbocycles. The van der Waals surface area contributed by atoms with Crippen LogP contribution < -0.4 is 5.73 Å². The summed E-state index contributed by atoms with van der Waals surface area (Å²) < 4.78 is 5.73. The number of nitrogen functional groups attached to an aromatic ring is 1. The first kappa shape index (κ1) is 20.1. The normalized spacial score (nSPS) is 19.4. The van der Waals surface area contributed by atoms with Gasteiger partial charge in [-0.2, -0.15) is 0 Å². The number of carbonyl (C=O) groups is 2. The average molecular weight is 428 g/mol. The Kier molecular flexibility index (Phi) is 5.05. The molecule has 1 heterocycles. The molecule has 0 radical (unpaired) electrons. The van der Waals surface area contributed by atoms with Crippen molar-refractivity contribution in [3.63, 3.8) is 0 Å². The molecule has 1 fully saturated rings. The lowest BCUT2D eigenvalue weighted by atomic mass is 9.89. The van der Waals surface area contributed by atoms with Crippen molar-refractivity contribution in [3.8, 4) is 11.1 Å². The smallest absolute Gasteiger partial charge is 0.409 e. The van der Waals surface area contributed by atoms with E-state index in [-0.39, 0.29) is 25.0 Å². The molecule has 32 heavy (non-hydrogen) atoms. The highest BCUT2D eigenvalue weighted by Crippen LogP contribution is 2.44. The molecule has 1 aliphatic heterocycles. The van der Waals surface area contributed by atoms with E-state index in [1.165, 1.54) is 16.0 Å². The molecule has 2 aliphatic rings. The number of nitrogens with two attached hydrogens (primary N) is 1. The first-order chi connectivity index (χ1) is 15.5. The third-order valence-electron chi connectivity index (χ3n) is 6.60. The van der Waals surface area contributed by atoms with Crippen molar-refractivity contribution in [2.75, 3.05) is 25.4 Å². The summed E-state index contributed by atoms with van der Waals surface area (Å²) >= 11 is 0. The van der Waals surface area contributed by atoms with Crippen LogP contribution in [0.5, 0.6) is 0 Å². The van der Waals surface area contributed by atoms with Gasteiger partial charge in [-0.15, -0.1) is 0 Å². The van der Waals surface area contributed by atoms with Gasteiger partial charge in [0, 0.05) is 30.6 Å². The maximum Gasteiger partial charge on any atom is 0.409 e. The molecule has 0 bridgehead atoms. The molecular weight excluding hydrogens is 404 g/mol. The number of hydrogen-bond acceptors (Lipinski definition) is 4. The molecular formula is C26H24N2O4. The van der Waals surface area contributed by atoms with E-state index in [9.17, 15) is 14.7 Å². The Hall–Kier alpha value is -3.80. The second-order valence-electron chi connectivity index (χ2n) is 8.43. The maximum absolute atomic E-state index is 12.9. The van der Waals surface area contributed by atoms with Gasteiger partial charge in [-0.05, 0) is 39.9 Å². The molecule has 0 aromatic heterocycles. The summed E-state index contributed by atoms with van der Waals surface area (Å²) in [5, 5.41) is 9.72. The number of ether oxygens (including phenoxy) is 1. The summed E-state index contributed by atoms with van der Waals surface area (Å²) in [4.78, 5) is 26.3. The number of hydrogen-bond donors (Lipinski definition) is 2. The third kappa shape index (κ3) is 3.47. The first-order valence-electron chi connectivity index (χ1n) is 10.7. The van der Waals surface area contributed by atoms with Gasteiger partial charge in [-0.1, -0.05) is 60.7 Å². The van der Waals surface area contributed by atoms with E-state index < -0.39 is 18.0 Å². The number of carboxylic acids is 1. The van der Waals surface area contributed by atoms with Crippen LogP contribution in [0.1, 0.15) is 28.5 Å². The van der Waals surface area contributed by atoms with Crippen molar-refractivity contribution < 1.29 is 19.4 Å². The van der Waals surface area contributed by atoms with Gasteiger partial charge in [0.2, 0.25) is 0 Å². The first-order valence-corrected chi connectivity index (χ1v) is 10.7. The Morgan fingerprint density at radius 2 is 1.50 bits per heavy atom. The summed E-state index contributed by atoms with van der Waals surface area (Å²) in [6, 6.07) is 23.5. The molecule has 1 aliphatic carbocycles. The molecule has 0 spiro atoms. The highest BCUT2D eigenvalue weighted by atomic mass is 16.6. The summed E-state index contributed by atoms with van der Waals surface area (Å²) in [5.41, 5.74) is 11.9. The van der Waals surface area contributed by atoms with Crippen molar-refractivity contribution in [2.24, 2.45) is 5.92 Å². The topological polar surface area (TPSA) is 92.9 Å². The van der Waals surface area contributed by atoms with Crippen LogP contribution in [0.4, 0.5) is 10.5 Å². The SMILES string of the molecule is Nc1ccc(C2CN(C(=O)OCC3c4ccccc4-c4ccccc43)CC2C(=O)O)cc1. The van der Waals surface area contributed by atoms with Crippen molar-refractivity contribution in [1.29, 1.82) is 0 Å². The van der Waals surface area contributed by atoms with E-state index in [0.717, 1.165) is 16.7 Å². The van der Waals surface area contributed by atoms with Crippen LogP contribution in [0.15, 0.2) is 72.8 Å². The van der Waals surface area contributed by atoms with E-state index >= 15 is 0 Å². The molecule has 1 saturated heterocycles. The molecule has 3 N–H and O–H groups in total. The standard InChI is InChI=1S/C26H24N2O4/c27-17-11-9-16(10-12-17)22-13-28(14-23(22)25(29)30)26(31)32-15-24-20-7-3-1-5-18(20)19-6-2-4-8-21(19)24/h1-12,22-24H,13-15,27H2,(H,29,30). The maximum atomic E-state index is 12.9. The number of fused-ring (bicyclic) bond motifs is 3. The quantitative estimate of drug-likeness (QED) is 0.604. The fourth-order valence-electron chi connectivity index (χ4n) is 4.97. The number of carboxylic acid groups (broad SMARTS) is 1. The van der Waals surface area contributed by atoms with Crippen LogP contribution in [0, 0.1) is 5.92 Å². The van der Waals surface area contributed by atoms with Crippen LogP contribution in [-0.2, 0) is 9.53 Å². The third-order valence-corrected chi connectivity index (χ3v) is 6.60. The van der Waals surface area contributed by atoms with Crippen LogP contribution >= 0.6 is 0 Å². The van der Waals surface area contributed by atoms with Gasteiger partial charge in [0.05, 0.1) is 5.92 Å². The van der Waals surface area contributed by atoms with E-state index in [2.05, 4.69) is 24.3 Å². The minimum Gasteiger partial charge on any atom is -0.481 e. The molecule has 2 atom stereocenters. The molecule has 5 rings (SSSR count). The van der Waals surface area contributed by atoms with Crippen LogP contribution in [0.3, 0.4) is 0 Å². The number of benzene rings is 3. The van der Waals surface area contributed by atoms with E-state index in [1.54, 1.807) is 12.1 Å². The fraction of sp³-hybridized carbons (Fsp3) is 0.231. The van der Waals surface area contributed by atoms with Crippen molar-refractivity contribution >= 4 is 17.7 Å². The number of likely N-dealkylation sites (tertiary alicyclic amines) is 1. The molecule has 6 nitrogen and oxygen atoms in total. The number of nitrogens with zero attached hydrogens (tertiary/aromatic N) is 1. The van der Waals surface area contributed by atoms with Crippen LogP contribution in [-0.4, -0.2) is 41.8 Å². The Labute approximate surface area is 186 Å². The summed E-state index contributed by atoms with van der Waals surface area (Å²) in [5.74, 6) is -1.93. The average Bonchev–Trinajstić information content (AvgIpc) is 3.39. The van der Waals surface area contributed by atoms with Gasteiger partial charge in [0.1, 0.15) is 6.61 Å². The lowest BCUT2D eigenvalue weighted by Crippen LogP contribution is -2.31. The summed E-state index contributed by atoms with van der Waals surface area (Å²) in [6.45, 7) is 0.645. The Morgan fingerprint density at radius 3 is 2.09 bits per heavy atom. The van der Waals surface area contributed by atoms with E-state index in [0.29, 0.717) is 12.2 Å². The number of carbonyl (C=O) groups excluding carboxylic acids is 1. The lowest BCUT2D eigenvalue weighted by molar-refractivity contribution is -0.141. The number of anilines is 1. The van der Waals surface area contributed by atoms with Gasteiger partial charge >= 0.3 is 12.1 Å². The highest BCUT2D eigenvalue weighted by molar-refractivity contribution is 5.79. The summed E-state index contributed by atoms with van der Waals surface area (Å²) in [7, 11) is 0. The van der Waals surface area contributed by atoms with Gasteiger partial charge in [0.15, 0.2) is 0 Å². The second kappa shape index (κ2) is 8.04. The zero-order chi connectivity index (χ0) is 22.2. The minimum absolute atomic E-state index is 0.0304. The Bertz CT molecular complexity index is 1130. The number of aliphatic carboxylic acids is 1. The predicted octanol–water partition coefficient (Wildman–Crippen LogP) is 4.32.